The van der Waals surface area contributed by atoms with Gasteiger partial charge in [-0.05, 0) is 52.6 Å². The highest BCUT2D eigenvalue weighted by molar-refractivity contribution is 5.67. The molecule has 1 fully saturated rings. The predicted octanol–water partition coefficient (Wildman–Crippen LogP) is 1.99. The monoisotopic (exact) mass is 243 g/mol. The number of rotatable bonds is 5. The first-order valence-corrected chi connectivity index (χ1v) is 6.45. The largest absolute Gasteiger partial charge is 0.481 e. The zero-order chi connectivity index (χ0) is 12.9. The quantitative estimate of drug-likeness (QED) is 0.802. The standard InChI is InChI=1S/C13H25NO3/c1-13(2,3)17-9-8-14-6-4-11(5-7-14)10-12(15)16/h11H,4-10H2,1-3H3,(H,15,16). The first-order chi connectivity index (χ1) is 7.87. The van der Waals surface area contributed by atoms with E-state index in [0.29, 0.717) is 12.3 Å². The molecule has 0 aromatic carbocycles. The van der Waals surface area contributed by atoms with Crippen LogP contribution in [0.4, 0.5) is 0 Å². The van der Waals surface area contributed by atoms with Gasteiger partial charge in [-0.15, -0.1) is 0 Å². The van der Waals surface area contributed by atoms with Gasteiger partial charge in [-0.2, -0.15) is 0 Å². The van der Waals surface area contributed by atoms with Gasteiger partial charge in [-0.25, -0.2) is 0 Å². The van der Waals surface area contributed by atoms with Crippen LogP contribution < -0.4 is 0 Å². The number of piperidine rings is 1. The maximum Gasteiger partial charge on any atom is 0.303 e. The fraction of sp³-hybridized carbons (Fsp3) is 0.923. The summed E-state index contributed by atoms with van der Waals surface area (Å²) >= 11 is 0. The summed E-state index contributed by atoms with van der Waals surface area (Å²) in [5.41, 5.74) is -0.0678. The van der Waals surface area contributed by atoms with Crippen LogP contribution in [0.15, 0.2) is 0 Å². The lowest BCUT2D eigenvalue weighted by Crippen LogP contribution is -2.37. The normalized spacial score (nSPS) is 19.5. The molecule has 4 heteroatoms. The molecule has 4 nitrogen and oxygen atoms in total. The summed E-state index contributed by atoms with van der Waals surface area (Å²) in [6.45, 7) is 9.91. The van der Waals surface area contributed by atoms with Crippen molar-refractivity contribution in [3.05, 3.63) is 0 Å². The van der Waals surface area contributed by atoms with Gasteiger partial charge in [0.15, 0.2) is 0 Å². The molecule has 1 heterocycles. The minimum atomic E-state index is -0.667. The number of aliphatic carboxylic acids is 1. The van der Waals surface area contributed by atoms with Crippen LogP contribution in [-0.2, 0) is 9.53 Å². The molecular weight excluding hydrogens is 218 g/mol. The predicted molar refractivity (Wildman–Crippen MR) is 67.1 cm³/mol. The van der Waals surface area contributed by atoms with Crippen LogP contribution in [0.3, 0.4) is 0 Å². The van der Waals surface area contributed by atoms with Crippen LogP contribution in [0.2, 0.25) is 0 Å². The van der Waals surface area contributed by atoms with Crippen molar-refractivity contribution in [3.63, 3.8) is 0 Å². The van der Waals surface area contributed by atoms with Crippen molar-refractivity contribution >= 4 is 5.97 Å². The SMILES string of the molecule is CC(C)(C)OCCN1CCC(CC(=O)O)CC1. The average molecular weight is 243 g/mol. The van der Waals surface area contributed by atoms with Gasteiger partial charge in [-0.1, -0.05) is 0 Å². The molecule has 0 saturated carbocycles. The summed E-state index contributed by atoms with van der Waals surface area (Å²) in [5.74, 6) is -0.299. The lowest BCUT2D eigenvalue weighted by atomic mass is 9.94. The van der Waals surface area contributed by atoms with Gasteiger partial charge >= 0.3 is 5.97 Å². The number of hydrogen-bond acceptors (Lipinski definition) is 3. The minimum Gasteiger partial charge on any atom is -0.481 e. The first-order valence-electron chi connectivity index (χ1n) is 6.45. The molecule has 1 rings (SSSR count). The molecule has 0 atom stereocenters. The highest BCUT2D eigenvalue weighted by atomic mass is 16.5. The van der Waals surface area contributed by atoms with E-state index in [1.807, 2.05) is 0 Å². The molecule has 0 bridgehead atoms. The highest BCUT2D eigenvalue weighted by Crippen LogP contribution is 2.20. The van der Waals surface area contributed by atoms with Gasteiger partial charge in [0.25, 0.3) is 0 Å². The van der Waals surface area contributed by atoms with Gasteiger partial charge in [0.2, 0.25) is 0 Å². The smallest absolute Gasteiger partial charge is 0.303 e. The minimum absolute atomic E-state index is 0.0678. The third-order valence-corrected chi connectivity index (χ3v) is 3.11. The van der Waals surface area contributed by atoms with Crippen LogP contribution in [-0.4, -0.2) is 47.8 Å². The molecule has 0 aromatic rings. The first kappa shape index (κ1) is 14.5. The van der Waals surface area contributed by atoms with Gasteiger partial charge in [0.05, 0.1) is 12.2 Å². The Morgan fingerprint density at radius 3 is 2.41 bits per heavy atom. The summed E-state index contributed by atoms with van der Waals surface area (Å²) in [6.07, 6.45) is 2.33. The maximum absolute atomic E-state index is 10.6. The number of likely N-dealkylation sites (tertiary alicyclic amines) is 1. The number of carbonyl (C=O) groups is 1. The lowest BCUT2D eigenvalue weighted by molar-refractivity contribution is -0.138. The summed E-state index contributed by atoms with van der Waals surface area (Å²) in [6, 6.07) is 0. The molecule has 1 N–H and O–H groups in total. The lowest BCUT2D eigenvalue weighted by Gasteiger charge is -2.32. The summed E-state index contributed by atoms with van der Waals surface area (Å²) in [4.78, 5) is 13.0. The van der Waals surface area contributed by atoms with Crippen molar-refractivity contribution in [2.24, 2.45) is 5.92 Å². The van der Waals surface area contributed by atoms with Crippen LogP contribution in [0.5, 0.6) is 0 Å². The molecule has 100 valence electrons. The molecule has 17 heavy (non-hydrogen) atoms. The Labute approximate surface area is 104 Å². The second kappa shape index (κ2) is 6.36. The number of ether oxygens (including phenoxy) is 1. The Bertz CT molecular complexity index is 240. The molecule has 0 radical (unpaired) electrons. The van der Waals surface area contributed by atoms with Crippen LogP contribution in [0, 0.1) is 5.92 Å². The Hall–Kier alpha value is -0.610. The average Bonchev–Trinajstić information content (AvgIpc) is 2.18. The fourth-order valence-corrected chi connectivity index (χ4v) is 2.14. The number of carboxylic acids is 1. The van der Waals surface area contributed by atoms with E-state index in [1.165, 1.54) is 0 Å². The third kappa shape index (κ3) is 6.64. The molecule has 0 unspecified atom stereocenters. The highest BCUT2D eigenvalue weighted by Gasteiger charge is 2.21. The molecule has 0 aliphatic carbocycles. The molecule has 0 amide bonds. The molecule has 0 spiro atoms. The van der Waals surface area contributed by atoms with E-state index in [1.54, 1.807) is 0 Å². The molecule has 0 aromatic heterocycles. The van der Waals surface area contributed by atoms with E-state index < -0.39 is 5.97 Å². The zero-order valence-corrected chi connectivity index (χ0v) is 11.2. The molecule has 1 aliphatic heterocycles. The second-order valence-electron chi connectivity index (χ2n) is 5.84. The number of nitrogens with zero attached hydrogens (tertiary/aromatic N) is 1. The number of carboxylic acid groups (broad SMARTS) is 1. The topological polar surface area (TPSA) is 49.8 Å². The van der Waals surface area contributed by atoms with Gasteiger partial charge in [-0.3, -0.25) is 4.79 Å². The molecule has 1 saturated heterocycles. The van der Waals surface area contributed by atoms with Crippen molar-refractivity contribution in [2.45, 2.75) is 45.6 Å². The molecule has 1 aliphatic rings. The van der Waals surface area contributed by atoms with Crippen molar-refractivity contribution in [1.82, 2.24) is 4.90 Å². The maximum atomic E-state index is 10.6. The van der Waals surface area contributed by atoms with Crippen molar-refractivity contribution in [1.29, 1.82) is 0 Å². The van der Waals surface area contributed by atoms with Gasteiger partial charge in [0.1, 0.15) is 0 Å². The van der Waals surface area contributed by atoms with Gasteiger partial charge < -0.3 is 14.7 Å². The summed E-state index contributed by atoms with van der Waals surface area (Å²) in [7, 11) is 0. The van der Waals surface area contributed by atoms with E-state index in [4.69, 9.17) is 9.84 Å². The van der Waals surface area contributed by atoms with Crippen molar-refractivity contribution < 1.29 is 14.6 Å². The third-order valence-electron chi connectivity index (χ3n) is 3.11. The Balaban J connectivity index is 2.13. The summed E-state index contributed by atoms with van der Waals surface area (Å²) in [5, 5.41) is 8.73. The van der Waals surface area contributed by atoms with E-state index >= 15 is 0 Å². The van der Waals surface area contributed by atoms with Crippen LogP contribution >= 0.6 is 0 Å². The van der Waals surface area contributed by atoms with Crippen molar-refractivity contribution in [2.75, 3.05) is 26.2 Å². The van der Waals surface area contributed by atoms with Crippen molar-refractivity contribution in [3.8, 4) is 0 Å². The summed E-state index contributed by atoms with van der Waals surface area (Å²) < 4.78 is 5.69. The zero-order valence-electron chi connectivity index (χ0n) is 11.2. The van der Waals surface area contributed by atoms with Crippen LogP contribution in [0.25, 0.3) is 0 Å². The molecular formula is C13H25NO3. The van der Waals surface area contributed by atoms with E-state index in [0.717, 1.165) is 39.1 Å². The van der Waals surface area contributed by atoms with E-state index in [9.17, 15) is 4.79 Å². The van der Waals surface area contributed by atoms with E-state index in [-0.39, 0.29) is 5.60 Å². The number of hydrogen-bond donors (Lipinski definition) is 1. The Morgan fingerprint density at radius 2 is 1.94 bits per heavy atom. The fourth-order valence-electron chi connectivity index (χ4n) is 2.14. The Morgan fingerprint density at radius 1 is 1.35 bits per heavy atom. The van der Waals surface area contributed by atoms with Crippen LogP contribution in [0.1, 0.15) is 40.0 Å². The second-order valence-corrected chi connectivity index (χ2v) is 5.84. The van der Waals surface area contributed by atoms with E-state index in [2.05, 4.69) is 25.7 Å². The Kier molecular flexibility index (Phi) is 5.40. The van der Waals surface area contributed by atoms with Gasteiger partial charge in [0, 0.05) is 13.0 Å².